The average Bonchev–Trinajstić information content (AvgIpc) is 2.50. The summed E-state index contributed by atoms with van der Waals surface area (Å²) >= 11 is 1.76. The lowest BCUT2D eigenvalue weighted by Gasteiger charge is -2.08. The third-order valence-corrected chi connectivity index (χ3v) is 4.50. The van der Waals surface area contributed by atoms with Crippen molar-refractivity contribution in [3.8, 4) is 0 Å². The molecule has 0 unspecified atom stereocenters. The van der Waals surface area contributed by atoms with Crippen LogP contribution in [-0.4, -0.2) is 5.91 Å². The topological polar surface area (TPSA) is 81.1 Å². The van der Waals surface area contributed by atoms with E-state index < -0.39 is 0 Å². The number of nitrogens with one attached hydrogen (secondary N) is 1. The SMILES string of the molecule is Cc1c(N)cccc1SCc1ccc(CC(=O)NN)cc1. The fourth-order valence-corrected chi connectivity index (χ4v) is 2.96. The van der Waals surface area contributed by atoms with Crippen LogP contribution in [0.15, 0.2) is 47.4 Å². The molecule has 2 rings (SSSR count). The van der Waals surface area contributed by atoms with Crippen LogP contribution in [0.25, 0.3) is 0 Å². The number of nitrogens with two attached hydrogens (primary N) is 2. The summed E-state index contributed by atoms with van der Waals surface area (Å²) in [5.74, 6) is 5.76. The van der Waals surface area contributed by atoms with E-state index in [1.54, 1.807) is 11.8 Å². The number of nitrogen functional groups attached to an aromatic ring is 1. The van der Waals surface area contributed by atoms with Crippen LogP contribution in [0.4, 0.5) is 5.69 Å². The number of amides is 1. The van der Waals surface area contributed by atoms with Crippen molar-refractivity contribution in [2.75, 3.05) is 5.73 Å². The van der Waals surface area contributed by atoms with Crippen molar-refractivity contribution in [2.45, 2.75) is 24.0 Å². The monoisotopic (exact) mass is 301 g/mol. The van der Waals surface area contributed by atoms with Crippen LogP contribution in [0, 0.1) is 6.92 Å². The zero-order chi connectivity index (χ0) is 15.2. The molecule has 110 valence electrons. The van der Waals surface area contributed by atoms with Crippen molar-refractivity contribution >= 4 is 23.4 Å². The fourth-order valence-electron chi connectivity index (χ4n) is 1.94. The van der Waals surface area contributed by atoms with Crippen LogP contribution in [0.1, 0.15) is 16.7 Å². The molecular formula is C16H19N3OS. The quantitative estimate of drug-likeness (QED) is 0.260. The Hall–Kier alpha value is -1.98. The van der Waals surface area contributed by atoms with E-state index in [-0.39, 0.29) is 5.91 Å². The van der Waals surface area contributed by atoms with Crippen LogP contribution in [0.5, 0.6) is 0 Å². The molecule has 0 fully saturated rings. The van der Waals surface area contributed by atoms with Gasteiger partial charge in [-0.3, -0.25) is 10.2 Å². The van der Waals surface area contributed by atoms with Gasteiger partial charge in [0.15, 0.2) is 0 Å². The molecule has 0 aliphatic heterocycles. The zero-order valence-electron chi connectivity index (χ0n) is 11.9. The minimum Gasteiger partial charge on any atom is -0.398 e. The molecule has 0 radical (unpaired) electrons. The van der Waals surface area contributed by atoms with E-state index in [0.717, 1.165) is 22.6 Å². The molecule has 0 saturated carbocycles. The lowest BCUT2D eigenvalue weighted by atomic mass is 10.1. The number of carbonyl (C=O) groups is 1. The molecule has 0 saturated heterocycles. The number of anilines is 1. The molecule has 0 aromatic heterocycles. The van der Waals surface area contributed by atoms with Crippen LogP contribution in [0.2, 0.25) is 0 Å². The highest BCUT2D eigenvalue weighted by Gasteiger charge is 2.04. The maximum absolute atomic E-state index is 11.2. The summed E-state index contributed by atoms with van der Waals surface area (Å²) in [5.41, 5.74) is 12.1. The molecule has 0 aliphatic rings. The second-order valence-electron chi connectivity index (χ2n) is 4.82. The van der Waals surface area contributed by atoms with Gasteiger partial charge in [-0.05, 0) is 35.7 Å². The minimum atomic E-state index is -0.187. The minimum absolute atomic E-state index is 0.187. The number of hydrogen-bond donors (Lipinski definition) is 3. The first-order valence-electron chi connectivity index (χ1n) is 6.65. The normalized spacial score (nSPS) is 10.4. The number of carbonyl (C=O) groups excluding carboxylic acids is 1. The van der Waals surface area contributed by atoms with Gasteiger partial charge in [-0.1, -0.05) is 30.3 Å². The van der Waals surface area contributed by atoms with Gasteiger partial charge in [-0.15, -0.1) is 11.8 Å². The van der Waals surface area contributed by atoms with Crippen LogP contribution < -0.4 is 17.0 Å². The average molecular weight is 301 g/mol. The van der Waals surface area contributed by atoms with Gasteiger partial charge in [0.05, 0.1) is 6.42 Å². The standard InChI is InChI=1S/C16H19N3OS/c1-11-14(17)3-2-4-15(11)21-10-13-7-5-12(6-8-13)9-16(20)19-18/h2-8H,9-10,17-18H2,1H3,(H,19,20). The van der Waals surface area contributed by atoms with Gasteiger partial charge in [0.2, 0.25) is 5.91 Å². The van der Waals surface area contributed by atoms with Gasteiger partial charge >= 0.3 is 0 Å². The van der Waals surface area contributed by atoms with E-state index in [2.05, 4.69) is 11.5 Å². The number of hydrogen-bond acceptors (Lipinski definition) is 4. The predicted octanol–water partition coefficient (Wildman–Crippen LogP) is 2.40. The second kappa shape index (κ2) is 7.15. The predicted molar refractivity (Wildman–Crippen MR) is 87.6 cm³/mol. The summed E-state index contributed by atoms with van der Waals surface area (Å²) in [6.45, 7) is 2.03. The first-order valence-corrected chi connectivity index (χ1v) is 7.64. The molecule has 2 aromatic carbocycles. The Morgan fingerprint density at radius 2 is 1.81 bits per heavy atom. The van der Waals surface area contributed by atoms with Crippen molar-refractivity contribution < 1.29 is 4.79 Å². The Labute approximate surface area is 128 Å². The Balaban J connectivity index is 1.97. The van der Waals surface area contributed by atoms with E-state index in [9.17, 15) is 4.79 Å². The molecule has 21 heavy (non-hydrogen) atoms. The van der Waals surface area contributed by atoms with Crippen molar-refractivity contribution in [3.63, 3.8) is 0 Å². The largest absolute Gasteiger partial charge is 0.398 e. The zero-order valence-corrected chi connectivity index (χ0v) is 12.7. The lowest BCUT2D eigenvalue weighted by Crippen LogP contribution is -2.31. The van der Waals surface area contributed by atoms with E-state index in [1.165, 1.54) is 10.5 Å². The summed E-state index contributed by atoms with van der Waals surface area (Å²) in [7, 11) is 0. The second-order valence-corrected chi connectivity index (χ2v) is 5.84. The molecular weight excluding hydrogens is 282 g/mol. The summed E-state index contributed by atoms with van der Waals surface area (Å²) in [6, 6.07) is 13.9. The van der Waals surface area contributed by atoms with Gasteiger partial charge in [0.25, 0.3) is 0 Å². The molecule has 0 heterocycles. The Morgan fingerprint density at radius 3 is 2.48 bits per heavy atom. The summed E-state index contributed by atoms with van der Waals surface area (Å²) in [5, 5.41) is 0. The molecule has 0 spiro atoms. The smallest absolute Gasteiger partial charge is 0.238 e. The first-order chi connectivity index (χ1) is 10.1. The lowest BCUT2D eigenvalue weighted by molar-refractivity contribution is -0.120. The highest BCUT2D eigenvalue weighted by Crippen LogP contribution is 2.28. The molecule has 4 nitrogen and oxygen atoms in total. The van der Waals surface area contributed by atoms with Gasteiger partial charge in [0, 0.05) is 16.3 Å². The Kier molecular flexibility index (Phi) is 5.25. The molecule has 0 bridgehead atoms. The van der Waals surface area contributed by atoms with Crippen molar-refractivity contribution in [3.05, 3.63) is 59.2 Å². The maximum Gasteiger partial charge on any atom is 0.238 e. The van der Waals surface area contributed by atoms with E-state index in [4.69, 9.17) is 11.6 Å². The van der Waals surface area contributed by atoms with E-state index in [0.29, 0.717) is 6.42 Å². The third kappa shape index (κ3) is 4.24. The fraction of sp³-hybridized carbons (Fsp3) is 0.188. The molecule has 0 atom stereocenters. The van der Waals surface area contributed by atoms with Gasteiger partial charge in [-0.2, -0.15) is 0 Å². The number of hydrazine groups is 1. The molecule has 0 aliphatic carbocycles. The van der Waals surface area contributed by atoms with Crippen molar-refractivity contribution in [2.24, 2.45) is 5.84 Å². The van der Waals surface area contributed by atoms with Gasteiger partial charge in [-0.25, -0.2) is 5.84 Å². The summed E-state index contributed by atoms with van der Waals surface area (Å²) in [4.78, 5) is 12.4. The first kappa shape index (κ1) is 15.4. The highest BCUT2D eigenvalue weighted by molar-refractivity contribution is 7.98. The van der Waals surface area contributed by atoms with E-state index in [1.807, 2.05) is 43.3 Å². The highest BCUT2D eigenvalue weighted by atomic mass is 32.2. The van der Waals surface area contributed by atoms with Crippen LogP contribution in [-0.2, 0) is 17.0 Å². The molecule has 5 N–H and O–H groups in total. The van der Waals surface area contributed by atoms with Crippen LogP contribution in [0.3, 0.4) is 0 Å². The number of rotatable bonds is 5. The van der Waals surface area contributed by atoms with Crippen molar-refractivity contribution in [1.29, 1.82) is 0 Å². The maximum atomic E-state index is 11.2. The van der Waals surface area contributed by atoms with Crippen LogP contribution >= 0.6 is 11.8 Å². The molecule has 5 heteroatoms. The Morgan fingerprint density at radius 1 is 1.14 bits per heavy atom. The molecule has 2 aromatic rings. The van der Waals surface area contributed by atoms with E-state index >= 15 is 0 Å². The Bertz CT molecular complexity index is 626. The number of thioether (sulfide) groups is 1. The summed E-state index contributed by atoms with van der Waals surface area (Å²) < 4.78 is 0. The number of benzene rings is 2. The van der Waals surface area contributed by atoms with Gasteiger partial charge in [0.1, 0.15) is 0 Å². The summed E-state index contributed by atoms with van der Waals surface area (Å²) in [6.07, 6.45) is 0.304. The van der Waals surface area contributed by atoms with Crippen molar-refractivity contribution in [1.82, 2.24) is 5.43 Å². The molecule has 1 amide bonds. The third-order valence-electron chi connectivity index (χ3n) is 3.27. The van der Waals surface area contributed by atoms with Gasteiger partial charge < -0.3 is 5.73 Å².